The van der Waals surface area contributed by atoms with E-state index in [2.05, 4.69) is 45.0 Å². The van der Waals surface area contributed by atoms with Gasteiger partial charge in [-0.1, -0.05) is 57.2 Å². The van der Waals surface area contributed by atoms with E-state index < -0.39 is 5.97 Å². The fourth-order valence-electron chi connectivity index (χ4n) is 2.03. The molecule has 21 heavy (non-hydrogen) atoms. The van der Waals surface area contributed by atoms with Gasteiger partial charge in [0.05, 0.1) is 5.56 Å². The van der Waals surface area contributed by atoms with Crippen molar-refractivity contribution in [2.75, 3.05) is 0 Å². The molecular formula is C18H20O2S. The molecule has 0 aromatic heterocycles. The van der Waals surface area contributed by atoms with Crippen LogP contribution in [-0.2, 0) is 11.2 Å². The molecular weight excluding hydrogens is 280 g/mol. The van der Waals surface area contributed by atoms with Gasteiger partial charge in [0, 0.05) is 10.6 Å². The van der Waals surface area contributed by atoms with E-state index in [9.17, 15) is 9.90 Å². The van der Waals surface area contributed by atoms with E-state index in [1.165, 1.54) is 11.1 Å². The Morgan fingerprint density at radius 2 is 1.67 bits per heavy atom. The van der Waals surface area contributed by atoms with Crippen molar-refractivity contribution in [3.63, 3.8) is 0 Å². The lowest BCUT2D eigenvalue weighted by Crippen LogP contribution is -2.10. The highest BCUT2D eigenvalue weighted by Crippen LogP contribution is 2.28. The number of hydrogen-bond acceptors (Lipinski definition) is 2. The second-order valence-corrected chi connectivity index (χ2v) is 7.05. The van der Waals surface area contributed by atoms with E-state index in [1.807, 2.05) is 12.1 Å². The van der Waals surface area contributed by atoms with Crippen molar-refractivity contribution in [2.24, 2.45) is 0 Å². The number of benzene rings is 2. The lowest BCUT2D eigenvalue weighted by atomic mass is 9.87. The Bertz CT molecular complexity index is 624. The van der Waals surface area contributed by atoms with Crippen LogP contribution in [0.15, 0.2) is 53.4 Å². The third-order valence-corrected chi connectivity index (χ3v) is 4.48. The minimum Gasteiger partial charge on any atom is -0.478 e. The molecule has 0 saturated heterocycles. The molecule has 0 atom stereocenters. The predicted molar refractivity (Wildman–Crippen MR) is 88.1 cm³/mol. The van der Waals surface area contributed by atoms with Crippen molar-refractivity contribution in [3.8, 4) is 0 Å². The summed E-state index contributed by atoms with van der Waals surface area (Å²) in [7, 11) is 0. The summed E-state index contributed by atoms with van der Waals surface area (Å²) >= 11 is 1.56. The van der Waals surface area contributed by atoms with Crippen molar-refractivity contribution in [1.29, 1.82) is 0 Å². The zero-order valence-corrected chi connectivity index (χ0v) is 13.4. The van der Waals surface area contributed by atoms with E-state index >= 15 is 0 Å². The van der Waals surface area contributed by atoms with E-state index in [1.54, 1.807) is 23.9 Å². The summed E-state index contributed by atoms with van der Waals surface area (Å²) in [6.45, 7) is 6.58. The molecule has 1 N–H and O–H groups in total. The first kappa shape index (κ1) is 15.6. The van der Waals surface area contributed by atoms with Gasteiger partial charge in [-0.3, -0.25) is 0 Å². The second kappa shape index (κ2) is 6.35. The molecule has 0 spiro atoms. The maximum Gasteiger partial charge on any atom is 0.336 e. The van der Waals surface area contributed by atoms with Gasteiger partial charge < -0.3 is 5.11 Å². The Kier molecular flexibility index (Phi) is 4.73. The van der Waals surface area contributed by atoms with Gasteiger partial charge in [-0.25, -0.2) is 4.79 Å². The Balaban J connectivity index is 2.09. The van der Waals surface area contributed by atoms with Gasteiger partial charge in [0.25, 0.3) is 0 Å². The van der Waals surface area contributed by atoms with Gasteiger partial charge >= 0.3 is 5.97 Å². The SMILES string of the molecule is CC(C)(C)c1ccc(CSc2ccccc2C(=O)O)cc1. The highest BCUT2D eigenvalue weighted by atomic mass is 32.2. The third kappa shape index (κ3) is 4.11. The van der Waals surface area contributed by atoms with Crippen LogP contribution in [0.2, 0.25) is 0 Å². The number of thioether (sulfide) groups is 1. The van der Waals surface area contributed by atoms with Gasteiger partial charge in [0.2, 0.25) is 0 Å². The molecule has 0 aliphatic heterocycles. The summed E-state index contributed by atoms with van der Waals surface area (Å²) in [5.41, 5.74) is 3.03. The van der Waals surface area contributed by atoms with Crippen LogP contribution in [0.4, 0.5) is 0 Å². The Morgan fingerprint density at radius 1 is 1.05 bits per heavy atom. The van der Waals surface area contributed by atoms with Crippen molar-refractivity contribution >= 4 is 17.7 Å². The van der Waals surface area contributed by atoms with Crippen LogP contribution >= 0.6 is 11.8 Å². The first-order chi connectivity index (χ1) is 9.88. The number of carbonyl (C=O) groups is 1. The maximum absolute atomic E-state index is 11.2. The topological polar surface area (TPSA) is 37.3 Å². The fraction of sp³-hybridized carbons (Fsp3) is 0.278. The normalized spacial score (nSPS) is 11.4. The Morgan fingerprint density at radius 3 is 2.24 bits per heavy atom. The highest BCUT2D eigenvalue weighted by Gasteiger charge is 2.13. The predicted octanol–water partition coefficient (Wildman–Crippen LogP) is 4.97. The highest BCUT2D eigenvalue weighted by molar-refractivity contribution is 7.98. The Labute approximate surface area is 130 Å². The van der Waals surface area contributed by atoms with Gasteiger partial charge in [0.1, 0.15) is 0 Å². The minimum absolute atomic E-state index is 0.154. The van der Waals surface area contributed by atoms with Gasteiger partial charge in [-0.15, -0.1) is 11.8 Å². The lowest BCUT2D eigenvalue weighted by Gasteiger charge is -2.19. The monoisotopic (exact) mass is 300 g/mol. The smallest absolute Gasteiger partial charge is 0.336 e. The van der Waals surface area contributed by atoms with Gasteiger partial charge in [-0.05, 0) is 28.7 Å². The molecule has 110 valence electrons. The zero-order chi connectivity index (χ0) is 15.5. The number of aromatic carboxylic acids is 1. The van der Waals surface area contributed by atoms with Crippen molar-refractivity contribution in [3.05, 3.63) is 65.2 Å². The molecule has 2 nitrogen and oxygen atoms in total. The Hall–Kier alpha value is -1.74. The number of carboxylic acids is 1. The van der Waals surface area contributed by atoms with Crippen LogP contribution in [0.5, 0.6) is 0 Å². The molecule has 2 rings (SSSR count). The van der Waals surface area contributed by atoms with Crippen LogP contribution in [0.3, 0.4) is 0 Å². The first-order valence-corrected chi connectivity index (χ1v) is 7.91. The number of rotatable bonds is 4. The molecule has 0 heterocycles. The van der Waals surface area contributed by atoms with Crippen molar-refractivity contribution in [2.45, 2.75) is 36.8 Å². The lowest BCUT2D eigenvalue weighted by molar-refractivity contribution is 0.0693. The first-order valence-electron chi connectivity index (χ1n) is 6.92. The second-order valence-electron chi connectivity index (χ2n) is 6.04. The summed E-state index contributed by atoms with van der Waals surface area (Å²) in [6.07, 6.45) is 0. The molecule has 0 amide bonds. The summed E-state index contributed by atoms with van der Waals surface area (Å²) in [6, 6.07) is 15.7. The molecule has 0 aliphatic carbocycles. The fourth-order valence-corrected chi connectivity index (χ4v) is 3.03. The summed E-state index contributed by atoms with van der Waals surface area (Å²) in [5.74, 6) is -0.101. The van der Waals surface area contributed by atoms with Crippen LogP contribution in [-0.4, -0.2) is 11.1 Å². The van der Waals surface area contributed by atoms with E-state index in [4.69, 9.17) is 0 Å². The summed E-state index contributed by atoms with van der Waals surface area (Å²) in [4.78, 5) is 12.0. The molecule has 0 bridgehead atoms. The van der Waals surface area contributed by atoms with Crippen LogP contribution < -0.4 is 0 Å². The van der Waals surface area contributed by atoms with Gasteiger partial charge in [-0.2, -0.15) is 0 Å². The quantitative estimate of drug-likeness (QED) is 0.810. The molecule has 0 saturated carbocycles. The van der Waals surface area contributed by atoms with Crippen LogP contribution in [0, 0.1) is 0 Å². The molecule has 0 radical (unpaired) electrons. The van der Waals surface area contributed by atoms with E-state index in [0.717, 1.165) is 10.6 Å². The molecule has 2 aromatic carbocycles. The average molecular weight is 300 g/mol. The molecule has 2 aromatic rings. The van der Waals surface area contributed by atoms with Crippen molar-refractivity contribution in [1.82, 2.24) is 0 Å². The molecule has 0 aliphatic rings. The number of carboxylic acid groups (broad SMARTS) is 1. The summed E-state index contributed by atoms with van der Waals surface area (Å²) in [5, 5.41) is 9.18. The maximum atomic E-state index is 11.2. The van der Waals surface area contributed by atoms with Crippen LogP contribution in [0.25, 0.3) is 0 Å². The van der Waals surface area contributed by atoms with E-state index in [-0.39, 0.29) is 5.41 Å². The van der Waals surface area contributed by atoms with Crippen LogP contribution in [0.1, 0.15) is 42.3 Å². The standard InChI is InChI=1S/C18H20O2S/c1-18(2,3)14-10-8-13(9-11-14)12-21-16-7-5-4-6-15(16)17(19)20/h4-11H,12H2,1-3H3,(H,19,20). The molecule has 0 unspecified atom stereocenters. The van der Waals surface area contributed by atoms with Gasteiger partial charge in [0.15, 0.2) is 0 Å². The average Bonchev–Trinajstić information content (AvgIpc) is 2.45. The number of hydrogen-bond donors (Lipinski definition) is 1. The summed E-state index contributed by atoms with van der Waals surface area (Å²) < 4.78 is 0. The molecule has 3 heteroatoms. The van der Waals surface area contributed by atoms with Crippen molar-refractivity contribution < 1.29 is 9.90 Å². The minimum atomic E-state index is -0.874. The zero-order valence-electron chi connectivity index (χ0n) is 12.6. The largest absolute Gasteiger partial charge is 0.478 e. The molecule has 0 fully saturated rings. The third-order valence-electron chi connectivity index (χ3n) is 3.33. The van der Waals surface area contributed by atoms with E-state index in [0.29, 0.717) is 5.56 Å².